The molecule has 1 N–H and O–H groups in total. The zero-order chi connectivity index (χ0) is 26.4. The first-order chi connectivity index (χ1) is 17.9. The molecule has 10 heteroatoms. The van der Waals surface area contributed by atoms with E-state index in [0.717, 1.165) is 6.42 Å². The molecule has 2 aromatic carbocycles. The topological polar surface area (TPSA) is 120 Å². The van der Waals surface area contributed by atoms with Crippen molar-refractivity contribution in [3.8, 4) is 0 Å². The number of carbonyl (C=O) groups is 3. The van der Waals surface area contributed by atoms with E-state index in [4.69, 9.17) is 9.15 Å². The number of esters is 1. The molecule has 0 saturated heterocycles. The number of nitrogens with one attached hydrogen (secondary N) is 1. The van der Waals surface area contributed by atoms with E-state index in [1.165, 1.54) is 29.0 Å². The lowest BCUT2D eigenvalue weighted by Crippen LogP contribution is -2.45. The average molecular weight is 504 g/mol. The number of furan rings is 1. The van der Waals surface area contributed by atoms with Gasteiger partial charge in [0.25, 0.3) is 5.91 Å². The third-order valence-electron chi connectivity index (χ3n) is 5.86. The lowest BCUT2D eigenvalue weighted by atomic mass is 10.1. The third-order valence-corrected chi connectivity index (χ3v) is 5.86. The fourth-order valence-electron chi connectivity index (χ4n) is 3.98. The van der Waals surface area contributed by atoms with Gasteiger partial charge in [-0.2, -0.15) is 0 Å². The SMILES string of the molecule is COC(=O)c1cccc(N(C(=O)Cn2nnc3ccccc32)C(C(=O)NCCC(C)C)c2ccco2)c1. The number of anilines is 1. The summed E-state index contributed by atoms with van der Waals surface area (Å²) in [4.78, 5) is 41.0. The van der Waals surface area contributed by atoms with Crippen LogP contribution in [-0.4, -0.2) is 46.4 Å². The second kappa shape index (κ2) is 11.5. The summed E-state index contributed by atoms with van der Waals surface area (Å²) < 4.78 is 12.0. The molecule has 0 aliphatic rings. The Balaban J connectivity index is 1.76. The van der Waals surface area contributed by atoms with Crippen LogP contribution in [-0.2, 0) is 20.9 Å². The largest absolute Gasteiger partial charge is 0.467 e. The first-order valence-corrected chi connectivity index (χ1v) is 12.0. The number of ether oxygens (including phenoxy) is 1. The highest BCUT2D eigenvalue weighted by atomic mass is 16.5. The Bertz CT molecular complexity index is 1380. The molecule has 2 amide bonds. The molecule has 0 aliphatic carbocycles. The maximum Gasteiger partial charge on any atom is 0.337 e. The lowest BCUT2D eigenvalue weighted by Gasteiger charge is -2.30. The van der Waals surface area contributed by atoms with Crippen LogP contribution >= 0.6 is 0 Å². The second-order valence-electron chi connectivity index (χ2n) is 8.93. The Kier molecular flexibility index (Phi) is 7.97. The Morgan fingerprint density at radius 3 is 2.62 bits per heavy atom. The molecule has 0 radical (unpaired) electrons. The van der Waals surface area contributed by atoms with Crippen LogP contribution in [0.4, 0.5) is 5.69 Å². The van der Waals surface area contributed by atoms with Crippen molar-refractivity contribution >= 4 is 34.5 Å². The maximum absolute atomic E-state index is 13.9. The van der Waals surface area contributed by atoms with Gasteiger partial charge >= 0.3 is 5.97 Å². The van der Waals surface area contributed by atoms with E-state index in [1.54, 1.807) is 36.4 Å². The number of fused-ring (bicyclic) bond motifs is 1. The number of methoxy groups -OCH3 is 1. The Hall–Kier alpha value is -4.47. The Labute approximate surface area is 214 Å². The minimum atomic E-state index is -1.13. The number of carbonyl (C=O) groups excluding carboxylic acids is 3. The molecule has 0 spiro atoms. The smallest absolute Gasteiger partial charge is 0.337 e. The van der Waals surface area contributed by atoms with Gasteiger partial charge in [-0.3, -0.25) is 14.5 Å². The molecular weight excluding hydrogens is 474 g/mol. The molecule has 0 bridgehead atoms. The molecule has 37 heavy (non-hydrogen) atoms. The summed E-state index contributed by atoms with van der Waals surface area (Å²) in [5.74, 6) is -0.749. The molecule has 10 nitrogen and oxygen atoms in total. The zero-order valence-corrected chi connectivity index (χ0v) is 21.0. The number of amides is 2. The summed E-state index contributed by atoms with van der Waals surface area (Å²) in [6, 6.07) is 15.8. The minimum Gasteiger partial charge on any atom is -0.467 e. The quantitative estimate of drug-likeness (QED) is 0.327. The van der Waals surface area contributed by atoms with Gasteiger partial charge in [-0.15, -0.1) is 5.10 Å². The van der Waals surface area contributed by atoms with Crippen LogP contribution < -0.4 is 10.2 Å². The van der Waals surface area contributed by atoms with Crippen molar-refractivity contribution in [3.63, 3.8) is 0 Å². The molecule has 2 heterocycles. The molecule has 4 aromatic rings. The number of hydrogen-bond acceptors (Lipinski definition) is 7. The van der Waals surface area contributed by atoms with Crippen LogP contribution in [0, 0.1) is 5.92 Å². The van der Waals surface area contributed by atoms with Gasteiger partial charge in [0.05, 0.1) is 24.5 Å². The first kappa shape index (κ1) is 25.6. The summed E-state index contributed by atoms with van der Waals surface area (Å²) in [7, 11) is 1.28. The van der Waals surface area contributed by atoms with Crippen molar-refractivity contribution in [1.82, 2.24) is 20.3 Å². The summed E-state index contributed by atoms with van der Waals surface area (Å²) in [5, 5.41) is 11.2. The predicted molar refractivity (Wildman–Crippen MR) is 137 cm³/mol. The summed E-state index contributed by atoms with van der Waals surface area (Å²) in [6.45, 7) is 4.37. The lowest BCUT2D eigenvalue weighted by molar-refractivity contribution is -0.127. The maximum atomic E-state index is 13.9. The van der Waals surface area contributed by atoms with Crippen LogP contribution in [0.2, 0.25) is 0 Å². The van der Waals surface area contributed by atoms with Gasteiger partial charge in [0, 0.05) is 12.2 Å². The van der Waals surface area contributed by atoms with Gasteiger partial charge in [-0.25, -0.2) is 9.48 Å². The molecule has 4 rings (SSSR count). The molecule has 0 saturated carbocycles. The van der Waals surface area contributed by atoms with E-state index in [0.29, 0.717) is 29.2 Å². The van der Waals surface area contributed by atoms with Crippen LogP contribution in [0.3, 0.4) is 0 Å². The van der Waals surface area contributed by atoms with Crippen LogP contribution in [0.5, 0.6) is 0 Å². The molecule has 1 unspecified atom stereocenters. The summed E-state index contributed by atoms with van der Waals surface area (Å²) >= 11 is 0. The monoisotopic (exact) mass is 503 g/mol. The van der Waals surface area contributed by atoms with Gasteiger partial charge in [0.1, 0.15) is 17.8 Å². The van der Waals surface area contributed by atoms with E-state index in [1.807, 2.05) is 18.2 Å². The highest BCUT2D eigenvalue weighted by molar-refractivity contribution is 6.02. The van der Waals surface area contributed by atoms with Gasteiger partial charge in [-0.1, -0.05) is 37.3 Å². The summed E-state index contributed by atoms with van der Waals surface area (Å²) in [5.41, 5.74) is 1.89. The first-order valence-electron chi connectivity index (χ1n) is 12.0. The van der Waals surface area contributed by atoms with Gasteiger partial charge in [0.2, 0.25) is 5.91 Å². The van der Waals surface area contributed by atoms with Crippen molar-refractivity contribution in [1.29, 1.82) is 0 Å². The number of hydrogen-bond donors (Lipinski definition) is 1. The van der Waals surface area contributed by atoms with Gasteiger partial charge < -0.3 is 14.5 Å². The fraction of sp³-hybridized carbons (Fsp3) is 0.296. The van der Waals surface area contributed by atoms with Crippen LogP contribution in [0.15, 0.2) is 71.3 Å². The third kappa shape index (κ3) is 5.85. The Morgan fingerprint density at radius 2 is 1.89 bits per heavy atom. The Morgan fingerprint density at radius 1 is 1.08 bits per heavy atom. The van der Waals surface area contributed by atoms with Crippen molar-refractivity contribution in [2.24, 2.45) is 5.92 Å². The van der Waals surface area contributed by atoms with Crippen molar-refractivity contribution in [2.75, 3.05) is 18.6 Å². The average Bonchev–Trinajstić information content (AvgIpc) is 3.57. The number of rotatable bonds is 10. The number of aromatic nitrogens is 3. The fourth-order valence-corrected chi connectivity index (χ4v) is 3.98. The highest BCUT2D eigenvalue weighted by Gasteiger charge is 2.35. The standard InChI is InChI=1S/C27H29N5O5/c1-18(2)13-14-28-26(34)25(23-12-7-15-37-23)32(20-9-6-8-19(16-20)27(35)36-3)24(33)17-31-22-11-5-4-10-21(22)29-30-31/h4-12,15-16,18,25H,13-14,17H2,1-3H3,(H,28,34). The number of benzene rings is 2. The van der Waals surface area contributed by atoms with E-state index in [2.05, 4.69) is 29.5 Å². The van der Waals surface area contributed by atoms with Gasteiger partial charge in [-0.05, 0) is 54.8 Å². The molecule has 0 aliphatic heterocycles. The van der Waals surface area contributed by atoms with Crippen molar-refractivity contribution < 1.29 is 23.5 Å². The van der Waals surface area contributed by atoms with E-state index >= 15 is 0 Å². The summed E-state index contributed by atoms with van der Waals surface area (Å²) in [6.07, 6.45) is 2.22. The molecule has 1 atom stereocenters. The normalized spacial score (nSPS) is 11.9. The number of para-hydroxylation sites is 1. The molecular formula is C27H29N5O5. The van der Waals surface area contributed by atoms with E-state index in [9.17, 15) is 14.4 Å². The molecule has 2 aromatic heterocycles. The highest BCUT2D eigenvalue weighted by Crippen LogP contribution is 2.30. The van der Waals surface area contributed by atoms with Crippen LogP contribution in [0.1, 0.15) is 42.4 Å². The number of nitrogens with zero attached hydrogens (tertiary/aromatic N) is 4. The van der Waals surface area contributed by atoms with Crippen molar-refractivity contribution in [3.05, 3.63) is 78.3 Å². The van der Waals surface area contributed by atoms with Crippen LogP contribution in [0.25, 0.3) is 11.0 Å². The second-order valence-corrected chi connectivity index (χ2v) is 8.93. The van der Waals surface area contributed by atoms with Crippen molar-refractivity contribution in [2.45, 2.75) is 32.9 Å². The molecule has 192 valence electrons. The predicted octanol–water partition coefficient (Wildman–Crippen LogP) is 3.75. The van der Waals surface area contributed by atoms with E-state index < -0.39 is 23.8 Å². The zero-order valence-electron chi connectivity index (χ0n) is 21.0. The van der Waals surface area contributed by atoms with E-state index in [-0.39, 0.29) is 17.9 Å². The molecule has 0 fully saturated rings. The van der Waals surface area contributed by atoms with Gasteiger partial charge in [0.15, 0.2) is 6.04 Å². The minimum absolute atomic E-state index is 0.195.